The zero-order valence-electron chi connectivity index (χ0n) is 23.7. The van der Waals surface area contributed by atoms with Crippen molar-refractivity contribution >= 4 is 79.7 Å². The number of halogens is 2. The molecule has 2 aliphatic heterocycles. The predicted octanol–water partition coefficient (Wildman–Crippen LogP) is 1.58. The molecule has 6 rings (SSSR count). The quantitative estimate of drug-likeness (QED) is 0.128. The number of thiol groups is 1. The highest BCUT2D eigenvalue weighted by molar-refractivity contribution is 8.07. The van der Waals surface area contributed by atoms with Gasteiger partial charge >= 0.3 is 6.72 Å². The van der Waals surface area contributed by atoms with Crippen molar-refractivity contribution in [2.45, 2.75) is 56.0 Å². The monoisotopic (exact) mass is 720 g/mol. The van der Waals surface area contributed by atoms with E-state index in [9.17, 15) is 9.69 Å². The van der Waals surface area contributed by atoms with Crippen molar-refractivity contribution in [1.29, 1.82) is 0 Å². The van der Waals surface area contributed by atoms with E-state index in [4.69, 9.17) is 46.3 Å². The van der Waals surface area contributed by atoms with Crippen LogP contribution in [0.5, 0.6) is 0 Å². The number of fused-ring (bicyclic) bond motifs is 2. The summed E-state index contributed by atoms with van der Waals surface area (Å²) in [5.41, 5.74) is 10.3. The first kappa shape index (κ1) is 33.3. The van der Waals surface area contributed by atoms with Crippen LogP contribution in [-0.2, 0) is 39.6 Å². The SMILES string of the molecule is C[C@@]1(F)[C@H](OP(O)(=S)OC[C@H]2O[C@@H](n3cnc4c(N)ncnc43)[C@H](CC(=O)S)[C@@H]2F)[C@@H](COP)O[C@H]1n1cnc2c(N)ncnc21. The lowest BCUT2D eigenvalue weighted by atomic mass is 9.98. The van der Waals surface area contributed by atoms with Crippen LogP contribution in [-0.4, -0.2) is 92.4 Å². The van der Waals surface area contributed by atoms with Gasteiger partial charge in [-0.15, -0.1) is 12.6 Å². The molecule has 248 valence electrons. The second kappa shape index (κ2) is 12.8. The number of carbonyl (C=O) groups is 1. The van der Waals surface area contributed by atoms with Gasteiger partial charge in [-0.3, -0.25) is 18.5 Å². The Hall–Kier alpha value is -2.58. The van der Waals surface area contributed by atoms with Crippen LogP contribution in [0.15, 0.2) is 25.3 Å². The average molecular weight is 721 g/mol. The molecule has 10 atom stereocenters. The maximum Gasteiger partial charge on any atom is 0.325 e. The first-order chi connectivity index (χ1) is 21.8. The lowest BCUT2D eigenvalue weighted by Gasteiger charge is -2.30. The van der Waals surface area contributed by atoms with Gasteiger partial charge < -0.3 is 34.9 Å². The minimum Gasteiger partial charge on any atom is -0.382 e. The van der Waals surface area contributed by atoms with E-state index in [-0.39, 0.29) is 47.0 Å². The summed E-state index contributed by atoms with van der Waals surface area (Å²) in [4.78, 5) is 47.4. The fourth-order valence-corrected chi connectivity index (χ4v) is 7.54. The molecule has 0 spiro atoms. The van der Waals surface area contributed by atoms with Gasteiger partial charge in [-0.1, -0.05) is 0 Å². The van der Waals surface area contributed by atoms with Gasteiger partial charge in [-0.25, -0.2) is 38.7 Å². The highest BCUT2D eigenvalue weighted by Gasteiger charge is 2.58. The lowest BCUT2D eigenvalue weighted by molar-refractivity contribution is -0.112. The fraction of sp³-hybridized carbons (Fsp3) is 0.522. The van der Waals surface area contributed by atoms with Crippen LogP contribution in [0.1, 0.15) is 25.8 Å². The molecule has 0 amide bonds. The number of nitrogen functional groups attached to an aromatic ring is 2. The molecule has 2 fully saturated rings. The number of rotatable bonds is 11. The molecule has 0 bridgehead atoms. The molecule has 6 heterocycles. The number of aromatic nitrogens is 8. The predicted molar refractivity (Wildman–Crippen MR) is 167 cm³/mol. The standard InChI is InChI=1S/C23H28F2N10O7P2S2/c1-23(25)16(11(3-38-43)41-22(23)35-8-33-15-18(27)29-6-31-20(15)35)42-44(37,46)39-4-10-13(24)9(2-12(36)45)21(40-10)34-7-32-14-17(26)28-5-30-19(14)34/h5-11,13,16,21-22H,2-4,43H2,1H3,(H,36,45)(H,37,46)(H2,26,28,30)(H2,27,29,31)/t9-,10-,11-,13+,16-,21-,22-,23-,44?/m1/s1. The first-order valence-electron chi connectivity index (χ1n) is 13.5. The Balaban J connectivity index is 1.20. The summed E-state index contributed by atoms with van der Waals surface area (Å²) >= 11 is 9.04. The third-order valence-electron chi connectivity index (χ3n) is 7.75. The molecule has 2 aliphatic rings. The minimum absolute atomic E-state index is 0.0846. The second-order valence-electron chi connectivity index (χ2n) is 10.7. The van der Waals surface area contributed by atoms with Gasteiger partial charge in [0.05, 0.1) is 25.9 Å². The number of imidazole rings is 2. The summed E-state index contributed by atoms with van der Waals surface area (Å²) in [6, 6.07) is 0. The van der Waals surface area contributed by atoms with Crippen LogP contribution in [0.4, 0.5) is 20.4 Å². The topological polar surface area (TPSA) is 223 Å². The van der Waals surface area contributed by atoms with E-state index in [1.807, 2.05) is 9.47 Å². The van der Waals surface area contributed by atoms with E-state index < -0.39 is 67.0 Å². The van der Waals surface area contributed by atoms with Gasteiger partial charge in [0, 0.05) is 21.8 Å². The Morgan fingerprint density at radius 1 is 1.09 bits per heavy atom. The number of hydrogen-bond acceptors (Lipinski definition) is 15. The number of nitrogens with two attached hydrogens (primary N) is 2. The van der Waals surface area contributed by atoms with E-state index in [0.717, 1.165) is 0 Å². The number of carbonyl (C=O) groups excluding carboxylic acids is 1. The van der Waals surface area contributed by atoms with Crippen LogP contribution < -0.4 is 11.5 Å². The molecule has 46 heavy (non-hydrogen) atoms. The van der Waals surface area contributed by atoms with Gasteiger partial charge in [0.25, 0.3) is 0 Å². The third-order valence-corrected chi connectivity index (χ3v) is 9.66. The fourth-order valence-electron chi connectivity index (χ4n) is 5.65. The van der Waals surface area contributed by atoms with E-state index in [2.05, 4.69) is 42.5 Å². The Morgan fingerprint density at radius 2 is 1.70 bits per heavy atom. The number of hydrogen-bond donors (Lipinski definition) is 4. The summed E-state index contributed by atoms with van der Waals surface area (Å²) in [5.74, 6) is -0.865. The molecular weight excluding hydrogens is 692 g/mol. The van der Waals surface area contributed by atoms with Gasteiger partial charge in [-0.2, -0.15) is 0 Å². The average Bonchev–Trinajstić information content (AvgIpc) is 3.74. The number of alkyl halides is 2. The van der Waals surface area contributed by atoms with Crippen molar-refractivity contribution < 1.29 is 41.5 Å². The highest BCUT2D eigenvalue weighted by atomic mass is 32.5. The Labute approximate surface area is 271 Å². The molecule has 17 nitrogen and oxygen atoms in total. The van der Waals surface area contributed by atoms with E-state index in [1.165, 1.54) is 41.4 Å². The molecule has 0 saturated carbocycles. The zero-order valence-corrected chi connectivity index (χ0v) is 27.5. The lowest BCUT2D eigenvalue weighted by Crippen LogP contribution is -2.42. The van der Waals surface area contributed by atoms with E-state index in [1.54, 1.807) is 0 Å². The van der Waals surface area contributed by atoms with Crippen molar-refractivity contribution in [3.8, 4) is 0 Å². The first-order valence-corrected chi connectivity index (χ1v) is 17.0. The van der Waals surface area contributed by atoms with Crippen LogP contribution in [0.25, 0.3) is 22.3 Å². The molecule has 23 heteroatoms. The number of nitrogens with zero attached hydrogens (tertiary/aromatic N) is 8. The Morgan fingerprint density at radius 3 is 2.30 bits per heavy atom. The summed E-state index contributed by atoms with van der Waals surface area (Å²) in [6.45, 7) is -3.91. The smallest absolute Gasteiger partial charge is 0.325 e. The molecule has 4 aromatic rings. The van der Waals surface area contributed by atoms with Crippen LogP contribution >= 0.6 is 28.8 Å². The minimum atomic E-state index is -4.30. The van der Waals surface area contributed by atoms with Gasteiger partial charge in [0.15, 0.2) is 39.9 Å². The van der Waals surface area contributed by atoms with Crippen molar-refractivity contribution in [2.24, 2.45) is 5.92 Å². The van der Waals surface area contributed by atoms with E-state index >= 15 is 8.78 Å². The van der Waals surface area contributed by atoms with Crippen molar-refractivity contribution in [2.75, 3.05) is 24.7 Å². The van der Waals surface area contributed by atoms with Crippen molar-refractivity contribution in [3.63, 3.8) is 0 Å². The molecule has 5 N–H and O–H groups in total. The molecule has 2 unspecified atom stereocenters. The van der Waals surface area contributed by atoms with Crippen LogP contribution in [0.2, 0.25) is 0 Å². The van der Waals surface area contributed by atoms with Crippen LogP contribution in [0.3, 0.4) is 0 Å². The van der Waals surface area contributed by atoms with Crippen molar-refractivity contribution in [1.82, 2.24) is 39.0 Å². The van der Waals surface area contributed by atoms with Crippen molar-refractivity contribution in [3.05, 3.63) is 25.3 Å². The van der Waals surface area contributed by atoms with Gasteiger partial charge in [0.2, 0.25) is 0 Å². The number of anilines is 2. The molecule has 0 aromatic carbocycles. The molecule has 0 aliphatic carbocycles. The Bertz CT molecular complexity index is 1820. The molecule has 0 radical (unpaired) electrons. The molecule has 4 aromatic heterocycles. The summed E-state index contributed by atoms with van der Waals surface area (Å²) in [5, 5.41) is -0.586. The maximum atomic E-state index is 16.6. The largest absolute Gasteiger partial charge is 0.382 e. The maximum absolute atomic E-state index is 16.6. The normalized spacial score (nSPS) is 31.1. The van der Waals surface area contributed by atoms with E-state index in [0.29, 0.717) is 0 Å². The highest BCUT2D eigenvalue weighted by Crippen LogP contribution is 2.54. The summed E-state index contributed by atoms with van der Waals surface area (Å²) < 4.78 is 63.3. The van der Waals surface area contributed by atoms with Gasteiger partial charge in [0.1, 0.15) is 54.4 Å². The summed E-state index contributed by atoms with van der Waals surface area (Å²) in [6.07, 6.45) is -3.48. The summed E-state index contributed by atoms with van der Waals surface area (Å²) in [7, 11) is 2.02. The zero-order chi connectivity index (χ0) is 33.0. The van der Waals surface area contributed by atoms with Gasteiger partial charge in [-0.05, 0) is 18.7 Å². The molecular formula is C23H28F2N10O7P2S2. The Kier molecular flexibility index (Phi) is 9.27. The third kappa shape index (κ3) is 6.09. The van der Waals surface area contributed by atoms with Crippen LogP contribution in [0, 0.1) is 5.92 Å². The number of ether oxygens (including phenoxy) is 2. The second-order valence-corrected chi connectivity index (χ2v) is 14.4. The molecule has 2 saturated heterocycles.